The summed E-state index contributed by atoms with van der Waals surface area (Å²) < 4.78 is 4.67. The summed E-state index contributed by atoms with van der Waals surface area (Å²) in [4.78, 5) is 31.9. The monoisotopic (exact) mass is 265 g/mol. The first-order valence-electron chi connectivity index (χ1n) is 6.00. The van der Waals surface area contributed by atoms with Crippen LogP contribution in [0.5, 0.6) is 0 Å². The molecule has 0 saturated carbocycles. The molecule has 2 rings (SSSR count). The maximum Gasteiger partial charge on any atom is 0.356 e. The van der Waals surface area contributed by atoms with Crippen LogP contribution in [0.15, 0.2) is 12.4 Å². The molecule has 1 saturated heterocycles. The smallest absolute Gasteiger partial charge is 0.356 e. The van der Waals surface area contributed by atoms with Crippen LogP contribution in [0, 0.1) is 0 Å². The molecular weight excluding hydrogens is 250 g/mol. The Kier molecular flexibility index (Phi) is 3.94. The summed E-state index contributed by atoms with van der Waals surface area (Å²) in [6, 6.07) is 0.0393. The second-order valence-corrected chi connectivity index (χ2v) is 4.33. The van der Waals surface area contributed by atoms with Gasteiger partial charge in [-0.3, -0.25) is 4.79 Å². The predicted molar refractivity (Wildman–Crippen MR) is 66.0 cm³/mol. The van der Waals surface area contributed by atoms with Crippen LogP contribution >= 0.6 is 0 Å². The number of carboxylic acid groups (broad SMARTS) is 1. The highest BCUT2D eigenvalue weighted by atomic mass is 16.5. The number of methoxy groups -OCH3 is 1. The van der Waals surface area contributed by atoms with Gasteiger partial charge in [-0.05, 0) is 12.8 Å². The lowest BCUT2D eigenvalue weighted by Crippen LogP contribution is -2.32. The average Bonchev–Trinajstić information content (AvgIpc) is 2.86. The molecule has 1 unspecified atom stereocenters. The van der Waals surface area contributed by atoms with Crippen molar-refractivity contribution in [1.29, 1.82) is 0 Å². The molecule has 0 aliphatic carbocycles. The van der Waals surface area contributed by atoms with Crippen molar-refractivity contribution >= 4 is 17.8 Å². The first kappa shape index (κ1) is 13.3. The Bertz CT molecular complexity index is 474. The first-order valence-corrected chi connectivity index (χ1v) is 6.00. The molecule has 1 aliphatic heterocycles. The molecular formula is C12H15N3O4. The number of carbonyl (C=O) groups is 2. The fraction of sp³-hybridized carbons (Fsp3) is 0.500. The number of aromatic nitrogens is 2. The maximum atomic E-state index is 11.3. The van der Waals surface area contributed by atoms with Crippen LogP contribution in [-0.2, 0) is 9.53 Å². The van der Waals surface area contributed by atoms with E-state index < -0.39 is 5.97 Å². The van der Waals surface area contributed by atoms with Gasteiger partial charge in [-0.25, -0.2) is 14.8 Å². The molecule has 0 radical (unpaired) electrons. The van der Waals surface area contributed by atoms with Crippen LogP contribution in [0.4, 0.5) is 5.82 Å². The second kappa shape index (κ2) is 5.64. The molecule has 7 nitrogen and oxygen atoms in total. The number of carbonyl (C=O) groups excluding carboxylic acids is 1. The lowest BCUT2D eigenvalue weighted by atomic mass is 10.1. The summed E-state index contributed by atoms with van der Waals surface area (Å²) in [6.07, 6.45) is 4.81. The number of nitrogens with zero attached hydrogens (tertiary/aromatic N) is 3. The summed E-state index contributed by atoms with van der Waals surface area (Å²) in [6.45, 7) is 0.781. The molecule has 0 aromatic carbocycles. The van der Waals surface area contributed by atoms with Gasteiger partial charge in [0.1, 0.15) is 5.82 Å². The van der Waals surface area contributed by atoms with E-state index in [1.165, 1.54) is 19.5 Å². The maximum absolute atomic E-state index is 11.3. The number of hydrogen-bond acceptors (Lipinski definition) is 6. The summed E-state index contributed by atoms with van der Waals surface area (Å²) in [7, 11) is 1.36. The molecule has 2 heterocycles. The number of aromatic carboxylic acids is 1. The van der Waals surface area contributed by atoms with E-state index in [9.17, 15) is 9.59 Å². The SMILES string of the molecule is COC(=O)CC1CCCN1c1cnc(C(=O)O)cn1. The zero-order valence-electron chi connectivity index (χ0n) is 10.6. The molecule has 19 heavy (non-hydrogen) atoms. The first-order chi connectivity index (χ1) is 9.11. The van der Waals surface area contributed by atoms with E-state index in [1.807, 2.05) is 4.90 Å². The molecule has 1 aromatic heterocycles. The predicted octanol–water partition coefficient (Wildman–Crippen LogP) is 0.707. The summed E-state index contributed by atoms with van der Waals surface area (Å²) in [5.41, 5.74) is -0.0903. The van der Waals surface area contributed by atoms with Crippen LogP contribution in [0.3, 0.4) is 0 Å². The number of rotatable bonds is 4. The van der Waals surface area contributed by atoms with Crippen molar-refractivity contribution in [2.24, 2.45) is 0 Å². The number of hydrogen-bond donors (Lipinski definition) is 1. The lowest BCUT2D eigenvalue weighted by Gasteiger charge is -2.24. The van der Waals surface area contributed by atoms with Gasteiger partial charge >= 0.3 is 11.9 Å². The van der Waals surface area contributed by atoms with E-state index in [1.54, 1.807) is 0 Å². The van der Waals surface area contributed by atoms with E-state index in [-0.39, 0.29) is 17.7 Å². The number of ether oxygens (including phenoxy) is 1. The topological polar surface area (TPSA) is 92.6 Å². The Hall–Kier alpha value is -2.18. The van der Waals surface area contributed by atoms with E-state index >= 15 is 0 Å². The van der Waals surface area contributed by atoms with Crippen LogP contribution in [0.1, 0.15) is 29.8 Å². The van der Waals surface area contributed by atoms with E-state index in [0.29, 0.717) is 12.2 Å². The summed E-state index contributed by atoms with van der Waals surface area (Å²) in [5, 5.41) is 8.77. The van der Waals surface area contributed by atoms with Crippen molar-refractivity contribution in [3.05, 3.63) is 18.1 Å². The third kappa shape index (κ3) is 2.98. The third-order valence-corrected chi connectivity index (χ3v) is 3.16. The quantitative estimate of drug-likeness (QED) is 0.801. The second-order valence-electron chi connectivity index (χ2n) is 4.33. The van der Waals surface area contributed by atoms with Gasteiger partial charge in [-0.2, -0.15) is 0 Å². The van der Waals surface area contributed by atoms with Gasteiger partial charge in [-0.1, -0.05) is 0 Å². The molecule has 0 amide bonds. The minimum absolute atomic E-state index is 0.0393. The number of esters is 1. The third-order valence-electron chi connectivity index (χ3n) is 3.16. The average molecular weight is 265 g/mol. The zero-order chi connectivity index (χ0) is 13.8. The highest BCUT2D eigenvalue weighted by Gasteiger charge is 2.28. The highest BCUT2D eigenvalue weighted by Crippen LogP contribution is 2.25. The van der Waals surface area contributed by atoms with Gasteiger partial charge < -0.3 is 14.7 Å². The molecule has 7 heteroatoms. The van der Waals surface area contributed by atoms with Crippen molar-refractivity contribution < 1.29 is 19.4 Å². The summed E-state index contributed by atoms with van der Waals surface area (Å²) in [5.74, 6) is -0.769. The van der Waals surface area contributed by atoms with Gasteiger partial charge in [0.05, 0.1) is 25.9 Å². The fourth-order valence-electron chi connectivity index (χ4n) is 2.21. The van der Waals surface area contributed by atoms with Crippen molar-refractivity contribution in [3.8, 4) is 0 Å². The van der Waals surface area contributed by atoms with Crippen molar-refractivity contribution in [2.45, 2.75) is 25.3 Å². The Morgan fingerprint density at radius 3 is 2.84 bits per heavy atom. The minimum atomic E-state index is -1.11. The van der Waals surface area contributed by atoms with Crippen molar-refractivity contribution in [3.63, 3.8) is 0 Å². The van der Waals surface area contributed by atoms with Crippen molar-refractivity contribution in [1.82, 2.24) is 9.97 Å². The number of carboxylic acids is 1. The molecule has 1 N–H and O–H groups in total. The van der Waals surface area contributed by atoms with Gasteiger partial charge in [-0.15, -0.1) is 0 Å². The van der Waals surface area contributed by atoms with Gasteiger partial charge in [0.25, 0.3) is 0 Å². The summed E-state index contributed by atoms with van der Waals surface area (Å²) >= 11 is 0. The zero-order valence-corrected chi connectivity index (χ0v) is 10.6. The van der Waals surface area contributed by atoms with Crippen LogP contribution in [0.2, 0.25) is 0 Å². The van der Waals surface area contributed by atoms with E-state index in [0.717, 1.165) is 19.4 Å². The molecule has 0 bridgehead atoms. The fourth-order valence-corrected chi connectivity index (χ4v) is 2.21. The van der Waals surface area contributed by atoms with Crippen LogP contribution in [0.25, 0.3) is 0 Å². The van der Waals surface area contributed by atoms with E-state index in [2.05, 4.69) is 14.7 Å². The Labute approximate surface area is 110 Å². The van der Waals surface area contributed by atoms with Crippen LogP contribution in [-0.4, -0.2) is 46.7 Å². The molecule has 1 aromatic rings. The van der Waals surface area contributed by atoms with Crippen molar-refractivity contribution in [2.75, 3.05) is 18.6 Å². The highest BCUT2D eigenvalue weighted by molar-refractivity contribution is 5.84. The minimum Gasteiger partial charge on any atom is -0.476 e. The molecule has 1 fully saturated rings. The molecule has 102 valence electrons. The largest absolute Gasteiger partial charge is 0.476 e. The lowest BCUT2D eigenvalue weighted by molar-refractivity contribution is -0.140. The molecule has 1 atom stereocenters. The van der Waals surface area contributed by atoms with Gasteiger partial charge in [0.15, 0.2) is 5.69 Å². The van der Waals surface area contributed by atoms with Gasteiger partial charge in [0, 0.05) is 12.6 Å². The molecule has 0 spiro atoms. The molecule has 1 aliphatic rings. The Morgan fingerprint density at radius 1 is 1.47 bits per heavy atom. The van der Waals surface area contributed by atoms with Gasteiger partial charge in [0.2, 0.25) is 0 Å². The Balaban J connectivity index is 2.11. The normalized spacial score (nSPS) is 18.4. The standard InChI is InChI=1S/C12H15N3O4/c1-19-11(16)5-8-3-2-4-15(8)10-7-13-9(6-14-10)12(17)18/h6-8H,2-5H2,1H3,(H,17,18). The van der Waals surface area contributed by atoms with Crippen LogP contribution < -0.4 is 4.90 Å². The van der Waals surface area contributed by atoms with E-state index in [4.69, 9.17) is 5.11 Å². The Morgan fingerprint density at radius 2 is 2.26 bits per heavy atom. The number of anilines is 1.